The van der Waals surface area contributed by atoms with Crippen molar-refractivity contribution in [2.24, 2.45) is 14.1 Å². The van der Waals surface area contributed by atoms with Gasteiger partial charge in [0.15, 0.2) is 11.3 Å². The third-order valence-electron chi connectivity index (χ3n) is 16.5. The Morgan fingerprint density at radius 3 is 1.58 bits per heavy atom. The number of hydrogen-bond donors (Lipinski definition) is 6. The highest BCUT2D eigenvalue weighted by atomic mass is 16.5. The number of nitrogens with zero attached hydrogens (tertiary/aromatic N) is 14. The molecule has 10 heterocycles. The number of carbonyl (C=O) groups excluding carboxylic acids is 2. The quantitative estimate of drug-likeness (QED) is 0.0594. The molecule has 0 radical (unpaired) electrons. The van der Waals surface area contributed by atoms with Gasteiger partial charge in [-0.2, -0.15) is 15.3 Å². The number of ether oxygens (including phenoxy) is 2. The van der Waals surface area contributed by atoms with Crippen LogP contribution in [0.1, 0.15) is 68.7 Å². The molecule has 2 amide bonds. The summed E-state index contributed by atoms with van der Waals surface area (Å²) in [6.45, 7) is 9.13. The first-order valence-corrected chi connectivity index (χ1v) is 28.3. The molecule has 4 aromatic carbocycles. The number of H-pyrrole nitrogens is 2. The van der Waals surface area contributed by atoms with Gasteiger partial charge in [0.1, 0.15) is 64.4 Å². The Hall–Kier alpha value is -10.5. The second kappa shape index (κ2) is 22.6. The molecule has 24 heteroatoms. The van der Waals surface area contributed by atoms with Crippen LogP contribution >= 0.6 is 0 Å². The number of para-hydroxylation sites is 2. The maximum Gasteiger partial charge on any atom is 0.272 e. The SMILES string of the molecule is COc1cc(-c2nn(C3CCN(Cc4cn[nH]c4C)C3)c3ncnc(N)c23)ccc1NC(=O)c1cc2ccccc2n1C.COc1cc(-c2nn(C3CCN(Cc4cnc(C)[nH]4)C3)c3ncnc(N)c23)ccc1NC(=O)c1cc2ccccc2n1C. The number of carbonyl (C=O) groups is 2. The first-order valence-electron chi connectivity index (χ1n) is 28.3. The van der Waals surface area contributed by atoms with Crippen LogP contribution < -0.4 is 31.6 Å². The van der Waals surface area contributed by atoms with Gasteiger partial charge >= 0.3 is 0 Å². The maximum atomic E-state index is 13.3. The average Bonchev–Trinajstić information content (AvgIpc) is 3.56. The highest BCUT2D eigenvalue weighted by molar-refractivity contribution is 6.09. The van der Waals surface area contributed by atoms with Gasteiger partial charge in [-0.15, -0.1) is 0 Å². The van der Waals surface area contributed by atoms with Crippen molar-refractivity contribution in [2.75, 3.05) is 62.5 Å². The van der Waals surface area contributed by atoms with Crippen LogP contribution in [-0.4, -0.2) is 131 Å². The van der Waals surface area contributed by atoms with E-state index in [1.165, 1.54) is 18.2 Å². The molecule has 2 saturated heterocycles. The number of nitrogen functional groups attached to an aromatic ring is 2. The van der Waals surface area contributed by atoms with Gasteiger partial charge < -0.3 is 45.7 Å². The monoisotopic (exact) mass is 1150 g/mol. The second-order valence-corrected chi connectivity index (χ2v) is 21.9. The van der Waals surface area contributed by atoms with E-state index in [1.54, 1.807) is 14.2 Å². The van der Waals surface area contributed by atoms with E-state index in [0.717, 1.165) is 102 Å². The summed E-state index contributed by atoms with van der Waals surface area (Å²) in [4.78, 5) is 56.7. The van der Waals surface area contributed by atoms with E-state index >= 15 is 0 Å². The summed E-state index contributed by atoms with van der Waals surface area (Å²) >= 11 is 0. The van der Waals surface area contributed by atoms with Gasteiger partial charge in [0.25, 0.3) is 11.8 Å². The number of amides is 2. The zero-order valence-electron chi connectivity index (χ0n) is 48.4. The molecule has 8 N–H and O–H groups in total. The molecule has 0 saturated carbocycles. The zero-order chi connectivity index (χ0) is 59.3. The van der Waals surface area contributed by atoms with Crippen molar-refractivity contribution in [3.63, 3.8) is 0 Å². The largest absolute Gasteiger partial charge is 0.495 e. The number of imidazole rings is 1. The summed E-state index contributed by atoms with van der Waals surface area (Å²) in [5.41, 5.74) is 24.6. The molecule has 14 rings (SSSR count). The van der Waals surface area contributed by atoms with Gasteiger partial charge in [-0.3, -0.25) is 24.5 Å². The van der Waals surface area contributed by atoms with Crippen molar-refractivity contribution in [1.29, 1.82) is 0 Å². The van der Waals surface area contributed by atoms with Gasteiger partial charge in [0.05, 0.1) is 54.6 Å². The summed E-state index contributed by atoms with van der Waals surface area (Å²) in [6, 6.07) is 31.0. The number of benzene rings is 4. The molecule has 0 bridgehead atoms. The van der Waals surface area contributed by atoms with E-state index in [-0.39, 0.29) is 23.9 Å². The minimum atomic E-state index is -0.229. The number of aryl methyl sites for hydroxylation is 4. The normalized spacial score (nSPS) is 15.5. The predicted octanol–water partition coefficient (Wildman–Crippen LogP) is 8.61. The van der Waals surface area contributed by atoms with E-state index < -0.39 is 0 Å². The Morgan fingerprint density at radius 1 is 0.628 bits per heavy atom. The number of nitrogens with two attached hydrogens (primary N) is 2. The molecule has 86 heavy (non-hydrogen) atoms. The van der Waals surface area contributed by atoms with Crippen LogP contribution in [-0.2, 0) is 27.2 Å². The third kappa shape index (κ3) is 10.2. The van der Waals surface area contributed by atoms with Crippen LogP contribution in [0.5, 0.6) is 11.5 Å². The fourth-order valence-corrected chi connectivity index (χ4v) is 12.1. The number of hydrogen-bond acceptors (Lipinski definition) is 16. The molecule has 436 valence electrons. The molecule has 0 spiro atoms. The Balaban J connectivity index is 0.000000160. The van der Waals surface area contributed by atoms with Gasteiger partial charge in [0.2, 0.25) is 0 Å². The molecule has 2 aliphatic rings. The smallest absolute Gasteiger partial charge is 0.272 e. The standard InChI is InChI=1S/2C31H32N10O2/c1-18-33-14-21(36-18)15-40-11-10-22(16-40)41-30-27(29(32)34-17-35-30)28(38-41)20-8-9-23(26(13-20)43-3)37-31(42)25-12-19-6-4-5-7-24(19)39(25)2;1-18-21(14-35-37-18)15-40-11-10-22(16-40)41-30-27(29(32)33-17-34-30)28(38-41)20-8-9-23(26(13-20)43-3)36-31(42)25-12-19-6-4-5-7-24(19)39(25)2/h4-9,12-14,17,22H,10-11,15-16H2,1-3H3,(H,33,36)(H,37,42)(H2,32,34,35);4-9,12-14,17,22H,10-11,15-16H2,1-3H3,(H,35,37)(H,36,42)(H2,32,33,34). The lowest BCUT2D eigenvalue weighted by Gasteiger charge is -2.16. The molecule has 2 atom stereocenters. The fourth-order valence-electron chi connectivity index (χ4n) is 12.1. The molecular weight excluding hydrogens is 1090 g/mol. The summed E-state index contributed by atoms with van der Waals surface area (Å²) in [6.07, 6.45) is 8.59. The highest BCUT2D eigenvalue weighted by Crippen LogP contribution is 2.40. The lowest BCUT2D eigenvalue weighted by molar-refractivity contribution is 0.101. The van der Waals surface area contributed by atoms with Gasteiger partial charge in [-0.25, -0.2) is 34.3 Å². The van der Waals surface area contributed by atoms with Crippen LogP contribution in [0, 0.1) is 13.8 Å². The third-order valence-corrected chi connectivity index (χ3v) is 16.5. The lowest BCUT2D eigenvalue weighted by atomic mass is 10.1. The first-order chi connectivity index (χ1) is 41.8. The minimum Gasteiger partial charge on any atom is -0.495 e. The summed E-state index contributed by atoms with van der Waals surface area (Å²) in [5, 5.41) is 26.7. The summed E-state index contributed by atoms with van der Waals surface area (Å²) in [7, 11) is 6.92. The van der Waals surface area contributed by atoms with Gasteiger partial charge in [-0.1, -0.05) is 48.5 Å². The van der Waals surface area contributed by atoms with E-state index in [0.29, 0.717) is 79.4 Å². The van der Waals surface area contributed by atoms with Crippen LogP contribution in [0.2, 0.25) is 0 Å². The van der Waals surface area contributed by atoms with E-state index in [1.807, 2.05) is 156 Å². The predicted molar refractivity (Wildman–Crippen MR) is 330 cm³/mol. The number of aromatic amines is 2. The van der Waals surface area contributed by atoms with E-state index in [2.05, 4.69) is 60.5 Å². The zero-order valence-corrected chi connectivity index (χ0v) is 48.4. The van der Waals surface area contributed by atoms with Gasteiger partial charge in [0, 0.05) is 109 Å². The molecule has 24 nitrogen and oxygen atoms in total. The van der Waals surface area contributed by atoms with Crippen molar-refractivity contribution >= 4 is 78.7 Å². The molecule has 2 aliphatic heterocycles. The number of anilines is 4. The summed E-state index contributed by atoms with van der Waals surface area (Å²) < 4.78 is 19.2. The number of likely N-dealkylation sites (tertiary alicyclic amines) is 2. The second-order valence-electron chi connectivity index (χ2n) is 21.9. The first kappa shape index (κ1) is 54.8. The molecule has 8 aromatic heterocycles. The Kier molecular flexibility index (Phi) is 14.4. The van der Waals surface area contributed by atoms with Crippen molar-refractivity contribution in [3.8, 4) is 34.0 Å². The fraction of sp³-hybridized carbons (Fsp3) is 0.258. The number of methoxy groups -OCH3 is 2. The van der Waals surface area contributed by atoms with Crippen LogP contribution in [0.15, 0.2) is 122 Å². The highest BCUT2D eigenvalue weighted by Gasteiger charge is 2.32. The van der Waals surface area contributed by atoms with Crippen molar-refractivity contribution in [3.05, 3.63) is 156 Å². The van der Waals surface area contributed by atoms with E-state index in [9.17, 15) is 9.59 Å². The number of fused-ring (bicyclic) bond motifs is 4. The molecule has 2 unspecified atom stereocenters. The Bertz CT molecular complexity index is 4550. The lowest BCUT2D eigenvalue weighted by Crippen LogP contribution is -2.22. The number of aromatic nitrogens is 14. The topological polar surface area (TPSA) is 290 Å². The Morgan fingerprint density at radius 2 is 1.13 bits per heavy atom. The van der Waals surface area contributed by atoms with Crippen molar-refractivity contribution in [1.82, 2.24) is 78.6 Å². The van der Waals surface area contributed by atoms with Crippen molar-refractivity contribution < 1.29 is 19.1 Å². The van der Waals surface area contributed by atoms with Crippen LogP contribution in [0.25, 0.3) is 66.4 Å². The molecule has 12 aromatic rings. The minimum absolute atomic E-state index is 0.121. The number of nitrogens with one attached hydrogen (secondary N) is 4. The van der Waals surface area contributed by atoms with Crippen LogP contribution in [0.3, 0.4) is 0 Å². The molecular formula is C62H64N20O4. The average molecular weight is 1150 g/mol. The summed E-state index contributed by atoms with van der Waals surface area (Å²) in [5.74, 6) is 2.19. The van der Waals surface area contributed by atoms with Crippen molar-refractivity contribution in [2.45, 2.75) is 51.9 Å². The maximum absolute atomic E-state index is 13.3. The van der Waals surface area contributed by atoms with E-state index in [4.69, 9.17) is 31.1 Å². The molecule has 0 aliphatic carbocycles. The molecule has 2 fully saturated rings. The number of rotatable bonds is 14. The Labute approximate surface area is 493 Å². The van der Waals surface area contributed by atoms with Crippen LogP contribution in [0.4, 0.5) is 23.0 Å². The van der Waals surface area contributed by atoms with Gasteiger partial charge in [-0.05, 0) is 75.2 Å².